The van der Waals surface area contributed by atoms with E-state index in [9.17, 15) is 4.79 Å². The summed E-state index contributed by atoms with van der Waals surface area (Å²) in [7, 11) is 0. The number of aromatic carboxylic acids is 1. The summed E-state index contributed by atoms with van der Waals surface area (Å²) < 4.78 is 5.64. The third-order valence-corrected chi connectivity index (χ3v) is 3.08. The first kappa shape index (κ1) is 13.3. The van der Waals surface area contributed by atoms with Gasteiger partial charge in [0, 0.05) is 12.1 Å². The molecule has 0 aliphatic heterocycles. The van der Waals surface area contributed by atoms with Crippen molar-refractivity contribution in [1.29, 1.82) is 0 Å². The first-order valence-corrected chi connectivity index (χ1v) is 5.93. The monoisotopic (exact) mass is 260 g/mol. The van der Waals surface area contributed by atoms with E-state index in [0.29, 0.717) is 23.6 Å². The van der Waals surface area contributed by atoms with E-state index < -0.39 is 5.97 Å². The summed E-state index contributed by atoms with van der Waals surface area (Å²) in [5.41, 5.74) is 12.9. The number of benzene rings is 1. The molecule has 1 aromatic heterocycles. The van der Waals surface area contributed by atoms with Gasteiger partial charge in [0.15, 0.2) is 0 Å². The van der Waals surface area contributed by atoms with Gasteiger partial charge in [-0.25, -0.2) is 4.79 Å². The first-order chi connectivity index (χ1) is 9.04. The fraction of sp³-hybridized carbons (Fsp3) is 0.214. The number of carboxylic acids is 1. The van der Waals surface area contributed by atoms with Gasteiger partial charge in [0.1, 0.15) is 11.5 Å². The van der Waals surface area contributed by atoms with Crippen molar-refractivity contribution in [2.24, 2.45) is 11.5 Å². The van der Waals surface area contributed by atoms with Crippen LogP contribution in [0.3, 0.4) is 0 Å². The fourth-order valence-corrected chi connectivity index (χ4v) is 1.95. The maximum Gasteiger partial charge on any atom is 0.335 e. The van der Waals surface area contributed by atoms with Gasteiger partial charge in [-0.15, -0.1) is 0 Å². The summed E-state index contributed by atoms with van der Waals surface area (Å²) in [4.78, 5) is 11.1. The topological polar surface area (TPSA) is 102 Å². The van der Waals surface area contributed by atoms with Crippen LogP contribution in [0.2, 0.25) is 0 Å². The summed E-state index contributed by atoms with van der Waals surface area (Å²) >= 11 is 0. The smallest absolute Gasteiger partial charge is 0.335 e. The zero-order valence-electron chi connectivity index (χ0n) is 10.6. The van der Waals surface area contributed by atoms with Crippen LogP contribution in [0.1, 0.15) is 27.7 Å². The molecule has 5 nitrogen and oxygen atoms in total. The average molecular weight is 260 g/mol. The lowest BCUT2D eigenvalue weighted by Crippen LogP contribution is -2.19. The van der Waals surface area contributed by atoms with Crippen LogP contribution < -0.4 is 11.5 Å². The lowest BCUT2D eigenvalue weighted by Gasteiger charge is -2.07. The number of hydrogen-bond acceptors (Lipinski definition) is 4. The first-order valence-electron chi connectivity index (χ1n) is 5.93. The molecule has 0 spiro atoms. The largest absolute Gasteiger partial charge is 0.478 e. The Morgan fingerprint density at radius 2 is 2.11 bits per heavy atom. The van der Waals surface area contributed by atoms with Gasteiger partial charge >= 0.3 is 5.97 Å². The number of carboxylic acid groups (broad SMARTS) is 1. The molecule has 0 aliphatic rings. The quantitative estimate of drug-likeness (QED) is 0.779. The van der Waals surface area contributed by atoms with Gasteiger partial charge in [0.05, 0.1) is 11.6 Å². The van der Waals surface area contributed by atoms with Crippen molar-refractivity contribution < 1.29 is 14.3 Å². The number of carbonyl (C=O) groups is 1. The molecule has 0 radical (unpaired) electrons. The van der Waals surface area contributed by atoms with Crippen LogP contribution in [0.4, 0.5) is 0 Å². The van der Waals surface area contributed by atoms with Crippen molar-refractivity contribution in [1.82, 2.24) is 0 Å². The maximum atomic E-state index is 11.1. The zero-order chi connectivity index (χ0) is 14.0. The van der Waals surface area contributed by atoms with Gasteiger partial charge in [0.2, 0.25) is 0 Å². The molecule has 5 N–H and O–H groups in total. The van der Waals surface area contributed by atoms with Crippen LogP contribution in [0.25, 0.3) is 11.3 Å². The Morgan fingerprint density at radius 3 is 2.74 bits per heavy atom. The highest BCUT2D eigenvalue weighted by atomic mass is 16.4. The van der Waals surface area contributed by atoms with E-state index in [1.165, 1.54) is 0 Å². The van der Waals surface area contributed by atoms with Crippen LogP contribution >= 0.6 is 0 Å². The summed E-state index contributed by atoms with van der Waals surface area (Å²) in [6.07, 6.45) is 0. The van der Waals surface area contributed by atoms with Gasteiger partial charge < -0.3 is 21.0 Å². The Morgan fingerprint density at radius 1 is 1.37 bits per heavy atom. The molecule has 1 unspecified atom stereocenters. The molecule has 0 saturated carbocycles. The molecule has 1 atom stereocenters. The molecule has 2 rings (SSSR count). The number of rotatable bonds is 4. The lowest BCUT2D eigenvalue weighted by molar-refractivity contribution is 0.0696. The standard InChI is InChI=1S/C14H16N2O3/c1-8-9(3-2-4-10(8)14(17)18)12-5-6-13(19-12)11(16)7-15/h2-6,11H,7,15-16H2,1H3,(H,17,18). The minimum atomic E-state index is -0.954. The Balaban J connectivity index is 2.45. The number of hydrogen-bond donors (Lipinski definition) is 3. The number of nitrogens with two attached hydrogens (primary N) is 2. The lowest BCUT2D eigenvalue weighted by atomic mass is 10.0. The van der Waals surface area contributed by atoms with Gasteiger partial charge in [-0.3, -0.25) is 0 Å². The Labute approximate surface area is 110 Å². The molecule has 0 saturated heterocycles. The van der Waals surface area contributed by atoms with Gasteiger partial charge in [0.25, 0.3) is 0 Å². The van der Waals surface area contributed by atoms with E-state index in [2.05, 4.69) is 0 Å². The summed E-state index contributed by atoms with van der Waals surface area (Å²) in [6.45, 7) is 2.05. The van der Waals surface area contributed by atoms with Crippen molar-refractivity contribution in [3.05, 3.63) is 47.2 Å². The highest BCUT2D eigenvalue weighted by Gasteiger charge is 2.15. The average Bonchev–Trinajstić information content (AvgIpc) is 2.87. The predicted octanol–water partition coefficient (Wildman–Crippen LogP) is 1.91. The van der Waals surface area contributed by atoms with E-state index >= 15 is 0 Å². The van der Waals surface area contributed by atoms with Gasteiger partial charge in [-0.2, -0.15) is 0 Å². The predicted molar refractivity (Wildman–Crippen MR) is 71.8 cm³/mol. The van der Waals surface area contributed by atoms with Gasteiger partial charge in [-0.1, -0.05) is 12.1 Å². The van der Waals surface area contributed by atoms with E-state index in [0.717, 1.165) is 5.56 Å². The second-order valence-electron chi connectivity index (χ2n) is 4.33. The van der Waals surface area contributed by atoms with Crippen molar-refractivity contribution in [3.8, 4) is 11.3 Å². The van der Waals surface area contributed by atoms with Crippen molar-refractivity contribution in [2.45, 2.75) is 13.0 Å². The van der Waals surface area contributed by atoms with E-state index in [4.69, 9.17) is 21.0 Å². The van der Waals surface area contributed by atoms with E-state index in [-0.39, 0.29) is 11.6 Å². The third kappa shape index (κ3) is 2.52. The van der Waals surface area contributed by atoms with Crippen molar-refractivity contribution >= 4 is 5.97 Å². The number of furan rings is 1. The van der Waals surface area contributed by atoms with E-state index in [1.807, 2.05) is 6.07 Å². The third-order valence-electron chi connectivity index (χ3n) is 3.08. The van der Waals surface area contributed by atoms with Crippen LogP contribution in [0.5, 0.6) is 0 Å². The molecule has 0 aliphatic carbocycles. The Kier molecular flexibility index (Phi) is 3.69. The maximum absolute atomic E-state index is 11.1. The van der Waals surface area contributed by atoms with Crippen LogP contribution in [0.15, 0.2) is 34.7 Å². The molecule has 1 heterocycles. The molecule has 5 heteroatoms. The van der Waals surface area contributed by atoms with Crippen LogP contribution in [0, 0.1) is 6.92 Å². The SMILES string of the molecule is Cc1c(C(=O)O)cccc1-c1ccc(C(N)CN)o1. The molecule has 0 amide bonds. The highest BCUT2D eigenvalue weighted by Crippen LogP contribution is 2.28. The van der Waals surface area contributed by atoms with E-state index in [1.54, 1.807) is 31.2 Å². The minimum Gasteiger partial charge on any atom is -0.478 e. The van der Waals surface area contributed by atoms with Crippen LogP contribution in [-0.4, -0.2) is 17.6 Å². The molecule has 1 aromatic carbocycles. The molecular weight excluding hydrogens is 244 g/mol. The van der Waals surface area contributed by atoms with Crippen molar-refractivity contribution in [3.63, 3.8) is 0 Å². The Bertz CT molecular complexity index is 604. The van der Waals surface area contributed by atoms with Crippen LogP contribution in [-0.2, 0) is 0 Å². The summed E-state index contributed by atoms with van der Waals surface area (Å²) in [5, 5.41) is 9.10. The minimum absolute atomic E-state index is 0.263. The normalized spacial score (nSPS) is 12.4. The molecule has 0 bridgehead atoms. The zero-order valence-corrected chi connectivity index (χ0v) is 10.6. The molecule has 19 heavy (non-hydrogen) atoms. The highest BCUT2D eigenvalue weighted by molar-refractivity contribution is 5.91. The second kappa shape index (κ2) is 5.26. The Hall–Kier alpha value is -2.11. The fourth-order valence-electron chi connectivity index (χ4n) is 1.95. The van der Waals surface area contributed by atoms with Gasteiger partial charge in [-0.05, 0) is 30.7 Å². The summed E-state index contributed by atoms with van der Waals surface area (Å²) in [5.74, 6) is 0.238. The van der Waals surface area contributed by atoms with Crippen molar-refractivity contribution in [2.75, 3.05) is 6.54 Å². The summed E-state index contributed by atoms with van der Waals surface area (Å²) in [6, 6.07) is 8.27. The molecule has 0 fully saturated rings. The molecule has 2 aromatic rings. The molecular formula is C14H16N2O3. The second-order valence-corrected chi connectivity index (χ2v) is 4.33. The molecule has 100 valence electrons.